The molecule has 1 fully saturated rings. The van der Waals surface area contributed by atoms with Crippen LogP contribution in [-0.2, 0) is 19.6 Å². The SMILES string of the molecule is CNC(C)C(=O)NC(C(=O)N1CCC2C1C(Oc1ccc(F)c(F)c1)=CN2S(=O)(=O)CC(C)C)C(C)(C)C. The molecule has 1 aromatic rings. The molecule has 3 rings (SSSR count). The van der Waals surface area contributed by atoms with E-state index in [1.54, 1.807) is 27.8 Å². The molecule has 1 aromatic carbocycles. The summed E-state index contributed by atoms with van der Waals surface area (Å²) < 4.78 is 61.0. The van der Waals surface area contributed by atoms with Gasteiger partial charge in [-0.05, 0) is 43.9 Å². The Hall–Kier alpha value is -2.73. The molecule has 38 heavy (non-hydrogen) atoms. The molecule has 2 heterocycles. The van der Waals surface area contributed by atoms with Crippen LogP contribution in [0.2, 0.25) is 0 Å². The summed E-state index contributed by atoms with van der Waals surface area (Å²) in [6.45, 7) is 11.0. The Kier molecular flexibility index (Phi) is 8.77. The molecule has 2 aliphatic rings. The number of nitrogens with one attached hydrogen (secondary N) is 2. The van der Waals surface area contributed by atoms with E-state index in [0.717, 1.165) is 12.1 Å². The van der Waals surface area contributed by atoms with Gasteiger partial charge < -0.3 is 20.3 Å². The summed E-state index contributed by atoms with van der Waals surface area (Å²) >= 11 is 0. The standard InChI is InChI=1S/C26H38F2N4O5S/c1-15(2)14-38(35,36)32-13-21(37-17-8-9-18(27)19(28)12-17)22-20(32)10-11-31(22)25(34)23(26(4,5)6)30-24(33)16(3)29-7/h8-9,12-13,15-16,20,22-23,29H,10-11,14H2,1-7H3,(H,30,33). The van der Waals surface area contributed by atoms with Crippen LogP contribution in [0, 0.1) is 23.0 Å². The van der Waals surface area contributed by atoms with Gasteiger partial charge in [-0.25, -0.2) is 17.2 Å². The molecule has 0 aliphatic carbocycles. The third-order valence-electron chi connectivity index (χ3n) is 6.74. The lowest BCUT2D eigenvalue weighted by molar-refractivity contribution is -0.140. The van der Waals surface area contributed by atoms with Gasteiger partial charge in [0.05, 0.1) is 24.0 Å². The summed E-state index contributed by atoms with van der Waals surface area (Å²) in [5, 5.41) is 5.68. The monoisotopic (exact) mass is 556 g/mol. The predicted molar refractivity (Wildman–Crippen MR) is 139 cm³/mol. The fourth-order valence-corrected chi connectivity index (χ4v) is 6.61. The molecule has 2 amide bonds. The lowest BCUT2D eigenvalue weighted by Crippen LogP contribution is -2.59. The number of halogens is 2. The van der Waals surface area contributed by atoms with Crippen LogP contribution in [-0.4, -0.2) is 72.9 Å². The average Bonchev–Trinajstić information content (AvgIpc) is 3.38. The number of nitrogens with zero attached hydrogens (tertiary/aromatic N) is 2. The van der Waals surface area contributed by atoms with Crippen molar-refractivity contribution in [3.8, 4) is 5.75 Å². The van der Waals surface area contributed by atoms with E-state index in [1.807, 2.05) is 20.8 Å². The second-order valence-electron chi connectivity index (χ2n) is 11.4. The van der Waals surface area contributed by atoms with E-state index in [4.69, 9.17) is 4.74 Å². The molecular formula is C26H38F2N4O5S. The normalized spacial score (nSPS) is 21.3. The molecule has 0 spiro atoms. The Labute approximate surface area is 223 Å². The third-order valence-corrected chi connectivity index (χ3v) is 8.85. The van der Waals surface area contributed by atoms with Gasteiger partial charge in [0.15, 0.2) is 11.6 Å². The van der Waals surface area contributed by atoms with Crippen LogP contribution in [0.1, 0.15) is 48.0 Å². The molecule has 0 bridgehead atoms. The van der Waals surface area contributed by atoms with Crippen LogP contribution in [0.4, 0.5) is 8.78 Å². The number of amides is 2. The zero-order valence-electron chi connectivity index (χ0n) is 22.9. The predicted octanol–water partition coefficient (Wildman–Crippen LogP) is 2.59. The van der Waals surface area contributed by atoms with E-state index < -0.39 is 51.2 Å². The van der Waals surface area contributed by atoms with Crippen molar-refractivity contribution >= 4 is 21.8 Å². The summed E-state index contributed by atoms with van der Waals surface area (Å²) in [5.41, 5.74) is -0.662. The van der Waals surface area contributed by atoms with Crippen molar-refractivity contribution in [1.82, 2.24) is 19.8 Å². The molecule has 0 aromatic heterocycles. The van der Waals surface area contributed by atoms with Gasteiger partial charge >= 0.3 is 0 Å². The number of carbonyl (C=O) groups is 2. The number of sulfonamides is 1. The van der Waals surface area contributed by atoms with E-state index in [1.165, 1.54) is 21.5 Å². The summed E-state index contributed by atoms with van der Waals surface area (Å²) in [4.78, 5) is 28.2. The Bertz CT molecular complexity index is 1200. The first-order valence-corrected chi connectivity index (χ1v) is 14.3. The Balaban J connectivity index is 1.99. The summed E-state index contributed by atoms with van der Waals surface area (Å²) in [6, 6.07) is 0.143. The van der Waals surface area contributed by atoms with Crippen molar-refractivity contribution in [3.05, 3.63) is 41.8 Å². The van der Waals surface area contributed by atoms with Crippen LogP contribution in [0.15, 0.2) is 30.2 Å². The Morgan fingerprint density at radius 1 is 1.16 bits per heavy atom. The first-order chi connectivity index (χ1) is 17.6. The molecule has 2 N–H and O–H groups in total. The minimum absolute atomic E-state index is 0.0279. The second kappa shape index (κ2) is 11.2. The van der Waals surface area contributed by atoms with Gasteiger partial charge in [0, 0.05) is 12.6 Å². The van der Waals surface area contributed by atoms with Crippen LogP contribution in [0.3, 0.4) is 0 Å². The van der Waals surface area contributed by atoms with Crippen LogP contribution in [0.25, 0.3) is 0 Å². The fraction of sp³-hybridized carbons (Fsp3) is 0.615. The molecule has 0 saturated carbocycles. The van der Waals surface area contributed by atoms with Gasteiger partial charge in [0.2, 0.25) is 21.8 Å². The first-order valence-electron chi connectivity index (χ1n) is 12.7. The first kappa shape index (κ1) is 29.8. The highest BCUT2D eigenvalue weighted by Gasteiger charge is 2.52. The zero-order valence-corrected chi connectivity index (χ0v) is 23.7. The molecule has 0 radical (unpaired) electrons. The molecule has 9 nitrogen and oxygen atoms in total. The van der Waals surface area contributed by atoms with Crippen molar-refractivity contribution in [1.29, 1.82) is 0 Å². The smallest absolute Gasteiger partial charge is 0.246 e. The lowest BCUT2D eigenvalue weighted by Gasteiger charge is -2.36. The van der Waals surface area contributed by atoms with Crippen molar-refractivity contribution in [2.24, 2.45) is 11.3 Å². The maximum absolute atomic E-state index is 13.9. The molecule has 4 atom stereocenters. The number of hydrogen-bond donors (Lipinski definition) is 2. The fourth-order valence-electron chi connectivity index (χ4n) is 4.70. The van der Waals surface area contributed by atoms with Gasteiger partial charge in [0.25, 0.3) is 0 Å². The average molecular weight is 557 g/mol. The summed E-state index contributed by atoms with van der Waals surface area (Å²) in [7, 11) is -2.12. The van der Waals surface area contributed by atoms with Crippen LogP contribution in [0.5, 0.6) is 5.75 Å². The van der Waals surface area contributed by atoms with Crippen molar-refractivity contribution in [3.63, 3.8) is 0 Å². The Morgan fingerprint density at radius 3 is 2.37 bits per heavy atom. The van der Waals surface area contributed by atoms with Crippen LogP contribution >= 0.6 is 0 Å². The van der Waals surface area contributed by atoms with E-state index in [9.17, 15) is 26.8 Å². The number of carbonyl (C=O) groups excluding carboxylic acids is 2. The molecule has 4 unspecified atom stereocenters. The van der Waals surface area contributed by atoms with Gasteiger partial charge in [0.1, 0.15) is 23.6 Å². The molecule has 12 heteroatoms. The number of fused-ring (bicyclic) bond motifs is 1. The highest BCUT2D eigenvalue weighted by atomic mass is 32.2. The van der Waals surface area contributed by atoms with E-state index in [-0.39, 0.29) is 41.5 Å². The largest absolute Gasteiger partial charge is 0.458 e. The summed E-state index contributed by atoms with van der Waals surface area (Å²) in [6.07, 6.45) is 1.67. The van der Waals surface area contributed by atoms with Crippen molar-refractivity contribution in [2.45, 2.75) is 72.1 Å². The van der Waals surface area contributed by atoms with E-state index >= 15 is 0 Å². The molecule has 1 saturated heterocycles. The quantitative estimate of drug-likeness (QED) is 0.484. The van der Waals surface area contributed by atoms with Crippen LogP contribution < -0.4 is 15.4 Å². The minimum atomic E-state index is -3.76. The van der Waals surface area contributed by atoms with E-state index in [2.05, 4.69) is 10.6 Å². The van der Waals surface area contributed by atoms with Gasteiger partial charge in [-0.2, -0.15) is 0 Å². The topological polar surface area (TPSA) is 108 Å². The van der Waals surface area contributed by atoms with E-state index in [0.29, 0.717) is 6.42 Å². The maximum atomic E-state index is 13.9. The summed E-state index contributed by atoms with van der Waals surface area (Å²) in [5.74, 6) is -3.05. The Morgan fingerprint density at radius 2 is 1.82 bits per heavy atom. The zero-order chi connectivity index (χ0) is 28.6. The third kappa shape index (κ3) is 6.28. The van der Waals surface area contributed by atoms with Gasteiger partial charge in [-0.15, -0.1) is 0 Å². The molecule has 2 aliphatic heterocycles. The maximum Gasteiger partial charge on any atom is 0.246 e. The lowest BCUT2D eigenvalue weighted by atomic mass is 9.85. The molecule has 212 valence electrons. The number of benzene rings is 1. The number of rotatable bonds is 9. The number of hydrogen-bond acceptors (Lipinski definition) is 6. The minimum Gasteiger partial charge on any atom is -0.458 e. The van der Waals surface area contributed by atoms with Crippen molar-refractivity contribution in [2.75, 3.05) is 19.3 Å². The number of likely N-dealkylation sites (tertiary alicyclic amines) is 1. The van der Waals surface area contributed by atoms with Crippen molar-refractivity contribution < 1.29 is 31.5 Å². The second-order valence-corrected chi connectivity index (χ2v) is 13.3. The highest BCUT2D eigenvalue weighted by Crippen LogP contribution is 2.39. The number of ether oxygens (including phenoxy) is 1. The van der Waals surface area contributed by atoms with Gasteiger partial charge in [-0.1, -0.05) is 34.6 Å². The van der Waals surface area contributed by atoms with Gasteiger partial charge in [-0.3, -0.25) is 13.9 Å². The molecular weight excluding hydrogens is 518 g/mol. The highest BCUT2D eigenvalue weighted by molar-refractivity contribution is 7.89. The number of likely N-dealkylation sites (N-methyl/N-ethyl adjacent to an activating group) is 1.